The summed E-state index contributed by atoms with van der Waals surface area (Å²) in [6, 6.07) is 1.98. The highest BCUT2D eigenvalue weighted by molar-refractivity contribution is 5.87. The van der Waals surface area contributed by atoms with Crippen molar-refractivity contribution in [2.75, 3.05) is 11.9 Å². The van der Waals surface area contributed by atoms with E-state index in [2.05, 4.69) is 31.9 Å². The van der Waals surface area contributed by atoms with Crippen molar-refractivity contribution in [3.63, 3.8) is 0 Å². The second-order valence-electron chi connectivity index (χ2n) is 6.82. The highest BCUT2D eigenvalue weighted by Crippen LogP contribution is 2.28. The molecule has 4 heterocycles. The van der Waals surface area contributed by atoms with Gasteiger partial charge in [-0.25, -0.2) is 0 Å². The highest BCUT2D eigenvalue weighted by atomic mass is 16.5. The summed E-state index contributed by atoms with van der Waals surface area (Å²) in [5.74, 6) is 0.829. The average Bonchev–Trinajstić information content (AvgIpc) is 3.41. The van der Waals surface area contributed by atoms with Crippen LogP contribution < -0.4 is 10.1 Å². The van der Waals surface area contributed by atoms with Gasteiger partial charge in [-0.15, -0.1) is 0 Å². The van der Waals surface area contributed by atoms with Crippen LogP contribution in [0.15, 0.2) is 37.3 Å². The van der Waals surface area contributed by atoms with Crippen LogP contribution in [-0.4, -0.2) is 54.2 Å². The number of aromatic amines is 1. The van der Waals surface area contributed by atoms with Gasteiger partial charge >= 0.3 is 0 Å². The van der Waals surface area contributed by atoms with Crippen molar-refractivity contribution in [1.82, 2.24) is 29.6 Å². The predicted octanol–water partition coefficient (Wildman–Crippen LogP) is 2.47. The standard InChI is InChI=1S/C19H23N7O2/c1-4-16(27)26-11-14(8-12(26)3)28-18-15-6-7-20-17(15)23-19(24-18)22-13-9-21-25(5-2)10-13/h4,6-7,9-10,12,14H,1,5,8,11H2,2-3H3,(H2,20,22,23,24). The number of hydrogen-bond donors (Lipinski definition) is 2. The zero-order chi connectivity index (χ0) is 19.7. The third kappa shape index (κ3) is 3.42. The van der Waals surface area contributed by atoms with Crippen molar-refractivity contribution < 1.29 is 9.53 Å². The van der Waals surface area contributed by atoms with Crippen LogP contribution in [0.1, 0.15) is 20.3 Å². The number of likely N-dealkylation sites (tertiary alicyclic amines) is 1. The fourth-order valence-corrected chi connectivity index (χ4v) is 3.44. The zero-order valence-corrected chi connectivity index (χ0v) is 15.9. The minimum absolute atomic E-state index is 0.0802. The van der Waals surface area contributed by atoms with Crippen LogP contribution in [0.5, 0.6) is 5.88 Å². The van der Waals surface area contributed by atoms with Crippen molar-refractivity contribution in [3.05, 3.63) is 37.3 Å². The Morgan fingerprint density at radius 2 is 2.36 bits per heavy atom. The Bertz CT molecular complexity index is 1010. The summed E-state index contributed by atoms with van der Waals surface area (Å²) in [6.45, 7) is 8.89. The Hall–Kier alpha value is -3.36. The molecule has 9 nitrogen and oxygen atoms in total. The molecule has 28 heavy (non-hydrogen) atoms. The van der Waals surface area contributed by atoms with E-state index < -0.39 is 0 Å². The van der Waals surface area contributed by atoms with Crippen molar-refractivity contribution in [3.8, 4) is 5.88 Å². The molecule has 1 amide bonds. The van der Waals surface area contributed by atoms with E-state index in [4.69, 9.17) is 4.74 Å². The largest absolute Gasteiger partial charge is 0.472 e. The van der Waals surface area contributed by atoms with E-state index in [9.17, 15) is 4.79 Å². The minimum atomic E-state index is -0.136. The van der Waals surface area contributed by atoms with Crippen LogP contribution in [-0.2, 0) is 11.3 Å². The Morgan fingerprint density at radius 3 is 3.11 bits per heavy atom. The number of amides is 1. The van der Waals surface area contributed by atoms with Crippen LogP contribution in [0, 0.1) is 0 Å². The molecule has 9 heteroatoms. The fraction of sp³-hybridized carbons (Fsp3) is 0.368. The molecule has 1 aliphatic heterocycles. The number of hydrogen-bond acceptors (Lipinski definition) is 6. The number of nitrogens with one attached hydrogen (secondary N) is 2. The summed E-state index contributed by atoms with van der Waals surface area (Å²) in [5.41, 5.74) is 1.48. The first-order valence-electron chi connectivity index (χ1n) is 9.31. The number of H-pyrrole nitrogens is 1. The number of aryl methyl sites for hydroxylation is 1. The van der Waals surface area contributed by atoms with Crippen molar-refractivity contribution in [2.45, 2.75) is 39.0 Å². The Balaban J connectivity index is 1.57. The fourth-order valence-electron chi connectivity index (χ4n) is 3.44. The van der Waals surface area contributed by atoms with Crippen LogP contribution in [0.25, 0.3) is 11.0 Å². The second kappa shape index (κ2) is 7.34. The molecule has 0 saturated carbocycles. The quantitative estimate of drug-likeness (QED) is 0.636. The van der Waals surface area contributed by atoms with Crippen molar-refractivity contribution in [2.24, 2.45) is 0 Å². The van der Waals surface area contributed by atoms with Gasteiger partial charge in [-0.05, 0) is 26.0 Å². The molecular weight excluding hydrogens is 358 g/mol. The summed E-state index contributed by atoms with van der Waals surface area (Å²) in [6.07, 6.45) is 7.36. The van der Waals surface area contributed by atoms with E-state index in [-0.39, 0.29) is 18.1 Å². The third-order valence-corrected chi connectivity index (χ3v) is 4.87. The van der Waals surface area contributed by atoms with E-state index in [0.717, 1.165) is 24.0 Å². The molecule has 0 spiro atoms. The smallest absolute Gasteiger partial charge is 0.246 e. The Kier molecular flexibility index (Phi) is 4.72. The topological polar surface area (TPSA) is 101 Å². The SMILES string of the molecule is C=CC(=O)N1CC(Oc2nc(Nc3cnn(CC)c3)nc3[nH]ccc23)CC1C. The normalized spacial score (nSPS) is 19.1. The number of ether oxygens (including phenoxy) is 1. The highest BCUT2D eigenvalue weighted by Gasteiger charge is 2.33. The lowest BCUT2D eigenvalue weighted by molar-refractivity contribution is -0.126. The molecule has 2 atom stereocenters. The lowest BCUT2D eigenvalue weighted by atomic mass is 10.2. The van der Waals surface area contributed by atoms with E-state index in [1.807, 2.05) is 30.8 Å². The second-order valence-corrected chi connectivity index (χ2v) is 6.82. The van der Waals surface area contributed by atoms with Gasteiger partial charge < -0.3 is 19.9 Å². The molecule has 1 fully saturated rings. The maximum absolute atomic E-state index is 12.0. The van der Waals surface area contributed by atoms with Gasteiger partial charge in [-0.1, -0.05) is 6.58 Å². The molecule has 1 aliphatic rings. The van der Waals surface area contributed by atoms with Gasteiger partial charge in [0.25, 0.3) is 0 Å². The summed E-state index contributed by atoms with van der Waals surface area (Å²) >= 11 is 0. The Labute approximate surface area is 162 Å². The van der Waals surface area contributed by atoms with Crippen LogP contribution in [0.2, 0.25) is 0 Å². The van der Waals surface area contributed by atoms with Gasteiger partial charge in [0, 0.05) is 31.4 Å². The molecule has 2 N–H and O–H groups in total. The van der Waals surface area contributed by atoms with E-state index in [1.54, 1.807) is 17.3 Å². The number of fused-ring (bicyclic) bond motifs is 1. The third-order valence-electron chi connectivity index (χ3n) is 4.87. The molecular formula is C19H23N7O2. The van der Waals surface area contributed by atoms with Gasteiger partial charge in [0.1, 0.15) is 11.8 Å². The number of anilines is 2. The first kappa shape index (κ1) is 18.0. The molecule has 0 bridgehead atoms. The molecule has 4 rings (SSSR count). The summed E-state index contributed by atoms with van der Waals surface area (Å²) in [7, 11) is 0. The number of aromatic nitrogens is 5. The molecule has 2 unspecified atom stereocenters. The molecule has 3 aromatic rings. The van der Waals surface area contributed by atoms with Gasteiger partial charge in [0.2, 0.25) is 17.7 Å². The molecule has 0 aromatic carbocycles. The molecule has 1 saturated heterocycles. The van der Waals surface area contributed by atoms with Crippen LogP contribution >= 0.6 is 0 Å². The van der Waals surface area contributed by atoms with Gasteiger partial charge in [0.05, 0.1) is 23.8 Å². The zero-order valence-electron chi connectivity index (χ0n) is 15.9. The molecule has 3 aromatic heterocycles. The maximum atomic E-state index is 12.0. The van der Waals surface area contributed by atoms with Gasteiger partial charge in [-0.3, -0.25) is 9.48 Å². The van der Waals surface area contributed by atoms with Gasteiger partial charge in [0.15, 0.2) is 0 Å². The predicted molar refractivity (Wildman–Crippen MR) is 105 cm³/mol. The lowest BCUT2D eigenvalue weighted by Gasteiger charge is -2.19. The number of rotatable bonds is 6. The molecule has 0 radical (unpaired) electrons. The number of carbonyl (C=O) groups excluding carboxylic acids is 1. The summed E-state index contributed by atoms with van der Waals surface area (Å²) < 4.78 is 8.00. The lowest BCUT2D eigenvalue weighted by Crippen LogP contribution is -2.33. The maximum Gasteiger partial charge on any atom is 0.246 e. The molecule has 146 valence electrons. The van der Waals surface area contributed by atoms with Crippen molar-refractivity contribution in [1.29, 1.82) is 0 Å². The van der Waals surface area contributed by atoms with E-state index in [0.29, 0.717) is 24.0 Å². The average molecular weight is 381 g/mol. The Morgan fingerprint density at radius 1 is 1.50 bits per heavy atom. The van der Waals surface area contributed by atoms with E-state index in [1.165, 1.54) is 6.08 Å². The van der Waals surface area contributed by atoms with Gasteiger partial charge in [-0.2, -0.15) is 15.1 Å². The monoisotopic (exact) mass is 381 g/mol. The summed E-state index contributed by atoms with van der Waals surface area (Å²) in [4.78, 5) is 25.9. The number of nitrogens with zero attached hydrogens (tertiary/aromatic N) is 5. The minimum Gasteiger partial charge on any atom is -0.472 e. The first-order chi connectivity index (χ1) is 13.6. The first-order valence-corrected chi connectivity index (χ1v) is 9.31. The van der Waals surface area contributed by atoms with Crippen LogP contribution in [0.3, 0.4) is 0 Å². The summed E-state index contributed by atoms with van der Waals surface area (Å²) in [5, 5.41) is 8.21. The van der Waals surface area contributed by atoms with E-state index >= 15 is 0 Å². The molecule has 0 aliphatic carbocycles. The number of carbonyl (C=O) groups is 1. The van der Waals surface area contributed by atoms with Crippen LogP contribution in [0.4, 0.5) is 11.6 Å². The van der Waals surface area contributed by atoms with Crippen molar-refractivity contribution >= 4 is 28.6 Å².